The molecular formula is C28H33N3O2. The van der Waals surface area contributed by atoms with Crippen molar-refractivity contribution in [3.8, 4) is 0 Å². The number of carbonyl (C=O) groups excluding carboxylic acids is 1. The Morgan fingerprint density at radius 2 is 1.79 bits per heavy atom. The van der Waals surface area contributed by atoms with Gasteiger partial charge in [0, 0.05) is 49.9 Å². The number of fused-ring (bicyclic) bond motifs is 1. The summed E-state index contributed by atoms with van der Waals surface area (Å²) in [5.74, 6) is 0.779. The molecule has 3 heterocycles. The molecule has 0 saturated carbocycles. The van der Waals surface area contributed by atoms with Gasteiger partial charge in [0.15, 0.2) is 0 Å². The van der Waals surface area contributed by atoms with Gasteiger partial charge in [-0.1, -0.05) is 36.4 Å². The molecule has 3 aromatic rings. The lowest BCUT2D eigenvalue weighted by Gasteiger charge is -2.28. The second-order valence-electron chi connectivity index (χ2n) is 9.38. The van der Waals surface area contributed by atoms with Crippen LogP contribution >= 0.6 is 0 Å². The molecule has 33 heavy (non-hydrogen) atoms. The normalized spacial score (nSPS) is 20.0. The third-order valence-corrected chi connectivity index (χ3v) is 7.05. The van der Waals surface area contributed by atoms with Crippen molar-refractivity contribution in [1.29, 1.82) is 0 Å². The molecule has 5 heteroatoms. The summed E-state index contributed by atoms with van der Waals surface area (Å²) in [4.78, 5) is 22.6. The summed E-state index contributed by atoms with van der Waals surface area (Å²) in [6, 6.07) is 18.7. The van der Waals surface area contributed by atoms with E-state index in [0.717, 1.165) is 88.3 Å². The Hall–Kier alpha value is -2.76. The van der Waals surface area contributed by atoms with E-state index in [4.69, 9.17) is 4.74 Å². The Morgan fingerprint density at radius 3 is 2.70 bits per heavy atom. The molecular weight excluding hydrogens is 410 g/mol. The van der Waals surface area contributed by atoms with Gasteiger partial charge in [0.05, 0.1) is 18.7 Å². The monoisotopic (exact) mass is 443 g/mol. The molecule has 1 unspecified atom stereocenters. The number of hydrogen-bond donors (Lipinski definition) is 0. The van der Waals surface area contributed by atoms with Gasteiger partial charge in [-0.05, 0) is 60.9 Å². The first-order chi connectivity index (χ1) is 16.3. The molecule has 2 aliphatic heterocycles. The maximum atomic E-state index is 13.5. The summed E-state index contributed by atoms with van der Waals surface area (Å²) in [6.45, 7) is 5.89. The van der Waals surface area contributed by atoms with E-state index in [0.29, 0.717) is 5.92 Å². The van der Waals surface area contributed by atoms with E-state index >= 15 is 0 Å². The van der Waals surface area contributed by atoms with E-state index in [9.17, 15) is 4.79 Å². The molecule has 172 valence electrons. The summed E-state index contributed by atoms with van der Waals surface area (Å²) < 4.78 is 5.48. The quantitative estimate of drug-likeness (QED) is 0.580. The fourth-order valence-electron chi connectivity index (χ4n) is 5.17. The predicted octanol–water partition coefficient (Wildman–Crippen LogP) is 4.55. The number of hydrogen-bond acceptors (Lipinski definition) is 4. The van der Waals surface area contributed by atoms with E-state index in [2.05, 4.69) is 45.1 Å². The van der Waals surface area contributed by atoms with E-state index in [1.165, 1.54) is 10.9 Å². The summed E-state index contributed by atoms with van der Waals surface area (Å²) in [5.41, 5.74) is 4.34. The fraction of sp³-hybridized carbons (Fsp3) is 0.429. The van der Waals surface area contributed by atoms with Crippen LogP contribution in [0.1, 0.15) is 40.7 Å². The molecule has 0 spiro atoms. The molecule has 1 atom stereocenters. The maximum absolute atomic E-state index is 13.5. The number of pyridine rings is 1. The molecule has 1 aromatic heterocycles. The topological polar surface area (TPSA) is 45.7 Å². The average Bonchev–Trinajstić information content (AvgIpc) is 3.10. The zero-order chi connectivity index (χ0) is 22.5. The highest BCUT2D eigenvalue weighted by molar-refractivity contribution is 5.95. The molecule has 2 saturated heterocycles. The third kappa shape index (κ3) is 5.43. The Bertz CT molecular complexity index is 1090. The van der Waals surface area contributed by atoms with Gasteiger partial charge in [-0.15, -0.1) is 0 Å². The first-order valence-electron chi connectivity index (χ1n) is 12.3. The molecule has 2 aromatic carbocycles. The lowest BCUT2D eigenvalue weighted by molar-refractivity contribution is 0.0340. The Morgan fingerprint density at radius 1 is 0.970 bits per heavy atom. The van der Waals surface area contributed by atoms with Crippen LogP contribution in [-0.2, 0) is 17.7 Å². The van der Waals surface area contributed by atoms with Crippen molar-refractivity contribution in [3.05, 3.63) is 77.5 Å². The zero-order valence-corrected chi connectivity index (χ0v) is 19.3. The highest BCUT2D eigenvalue weighted by Gasteiger charge is 2.24. The van der Waals surface area contributed by atoms with Gasteiger partial charge in [-0.2, -0.15) is 0 Å². The number of benzene rings is 2. The largest absolute Gasteiger partial charge is 0.379 e. The summed E-state index contributed by atoms with van der Waals surface area (Å²) in [6.07, 6.45) is 6.32. The second-order valence-corrected chi connectivity index (χ2v) is 9.38. The molecule has 0 N–H and O–H groups in total. The van der Waals surface area contributed by atoms with Gasteiger partial charge >= 0.3 is 0 Å². The van der Waals surface area contributed by atoms with Crippen LogP contribution in [0.5, 0.6) is 0 Å². The van der Waals surface area contributed by atoms with Crippen LogP contribution in [0.4, 0.5) is 0 Å². The minimum Gasteiger partial charge on any atom is -0.379 e. The molecule has 5 nitrogen and oxygen atoms in total. The Balaban J connectivity index is 1.23. The SMILES string of the molecule is O=C(c1ccccc1CN1CCOCC1)N1CCCC(Cc2cnc3ccccc3c2)CC1. The van der Waals surface area contributed by atoms with E-state index in [-0.39, 0.29) is 5.91 Å². The van der Waals surface area contributed by atoms with Gasteiger partial charge in [-0.3, -0.25) is 14.7 Å². The second kappa shape index (κ2) is 10.4. The van der Waals surface area contributed by atoms with Crippen molar-refractivity contribution in [3.63, 3.8) is 0 Å². The predicted molar refractivity (Wildman–Crippen MR) is 131 cm³/mol. The number of aromatic nitrogens is 1. The van der Waals surface area contributed by atoms with Crippen LogP contribution in [0, 0.1) is 5.92 Å². The number of morpholine rings is 1. The van der Waals surface area contributed by atoms with Crippen molar-refractivity contribution < 1.29 is 9.53 Å². The Labute approximate surface area is 196 Å². The van der Waals surface area contributed by atoms with Gasteiger partial charge in [0.1, 0.15) is 0 Å². The molecule has 1 amide bonds. The first-order valence-corrected chi connectivity index (χ1v) is 12.3. The number of carbonyl (C=O) groups is 1. The van der Waals surface area contributed by atoms with Crippen molar-refractivity contribution in [2.24, 2.45) is 5.92 Å². The molecule has 2 fully saturated rings. The minimum atomic E-state index is 0.187. The van der Waals surface area contributed by atoms with Crippen molar-refractivity contribution >= 4 is 16.8 Å². The van der Waals surface area contributed by atoms with Crippen molar-refractivity contribution in [1.82, 2.24) is 14.8 Å². The minimum absolute atomic E-state index is 0.187. The molecule has 2 aliphatic rings. The van der Waals surface area contributed by atoms with Crippen LogP contribution in [0.2, 0.25) is 0 Å². The van der Waals surface area contributed by atoms with Gasteiger partial charge in [0.25, 0.3) is 5.91 Å². The maximum Gasteiger partial charge on any atom is 0.254 e. The molecule has 0 bridgehead atoms. The Kier molecular flexibility index (Phi) is 6.98. The third-order valence-electron chi connectivity index (χ3n) is 7.05. The molecule has 5 rings (SSSR count). The number of amides is 1. The van der Waals surface area contributed by atoms with Gasteiger partial charge in [0.2, 0.25) is 0 Å². The highest BCUT2D eigenvalue weighted by Crippen LogP contribution is 2.25. The summed E-state index contributed by atoms with van der Waals surface area (Å²) in [7, 11) is 0. The number of rotatable bonds is 5. The van der Waals surface area contributed by atoms with E-state index in [1.807, 2.05) is 30.5 Å². The number of ether oxygens (including phenoxy) is 1. The van der Waals surface area contributed by atoms with Gasteiger partial charge < -0.3 is 9.64 Å². The average molecular weight is 444 g/mol. The van der Waals surface area contributed by atoms with Crippen molar-refractivity contribution in [2.75, 3.05) is 39.4 Å². The lowest BCUT2D eigenvalue weighted by Crippen LogP contribution is -2.37. The van der Waals surface area contributed by atoms with E-state index in [1.54, 1.807) is 0 Å². The van der Waals surface area contributed by atoms with Gasteiger partial charge in [-0.25, -0.2) is 0 Å². The van der Waals surface area contributed by atoms with Crippen LogP contribution in [-0.4, -0.2) is 60.1 Å². The number of nitrogens with zero attached hydrogens (tertiary/aromatic N) is 3. The zero-order valence-electron chi connectivity index (χ0n) is 19.3. The lowest BCUT2D eigenvalue weighted by atomic mass is 9.93. The van der Waals surface area contributed by atoms with Crippen molar-refractivity contribution in [2.45, 2.75) is 32.2 Å². The van der Waals surface area contributed by atoms with Crippen LogP contribution in [0.15, 0.2) is 60.8 Å². The molecule has 0 radical (unpaired) electrons. The smallest absolute Gasteiger partial charge is 0.254 e. The van der Waals surface area contributed by atoms with Crippen LogP contribution in [0.25, 0.3) is 10.9 Å². The number of para-hydroxylation sites is 1. The molecule has 0 aliphatic carbocycles. The summed E-state index contributed by atoms with van der Waals surface area (Å²) in [5, 5.41) is 1.21. The fourth-order valence-corrected chi connectivity index (χ4v) is 5.17. The van der Waals surface area contributed by atoms with E-state index < -0.39 is 0 Å². The summed E-state index contributed by atoms with van der Waals surface area (Å²) >= 11 is 0. The first kappa shape index (κ1) is 22.1. The standard InChI is InChI=1S/C28H33N3O2/c32-28(26-9-3-1-8-25(26)21-30-14-16-33-17-15-30)31-12-5-6-22(11-13-31)18-23-19-24-7-2-4-10-27(24)29-20-23/h1-4,7-10,19-20,22H,5-6,11-18,21H2. The van der Waals surface area contributed by atoms with Crippen LogP contribution in [0.3, 0.4) is 0 Å². The highest BCUT2D eigenvalue weighted by atomic mass is 16.5. The number of likely N-dealkylation sites (tertiary alicyclic amines) is 1. The van der Waals surface area contributed by atoms with Crippen LogP contribution < -0.4 is 0 Å².